The van der Waals surface area contributed by atoms with Crippen molar-refractivity contribution in [2.24, 2.45) is 0 Å². The van der Waals surface area contributed by atoms with E-state index in [1.54, 1.807) is 0 Å². The lowest BCUT2D eigenvalue weighted by molar-refractivity contribution is -0.138. The number of alkyl halides is 3. The summed E-state index contributed by atoms with van der Waals surface area (Å²) in [4.78, 5) is 0. The first kappa shape index (κ1) is 17.1. The highest BCUT2D eigenvalue weighted by atomic mass is 35.7. The quantitative estimate of drug-likeness (QED) is 0.564. The lowest BCUT2D eigenvalue weighted by atomic mass is 10.2. The van der Waals surface area contributed by atoms with Crippen molar-refractivity contribution in [3.63, 3.8) is 0 Å². The summed E-state index contributed by atoms with van der Waals surface area (Å²) in [6.45, 7) is 0.0927. The standard InChI is InChI=1S/C12H14ClF3O3S/c13-20(17,18)9-5-1-4-8-19-11-7-3-2-6-10(11)12(14,15)16/h2-3,6-7H,1,4-5,8-9H2. The largest absolute Gasteiger partial charge is 0.493 e. The second-order valence-electron chi connectivity index (χ2n) is 4.15. The first-order valence-corrected chi connectivity index (χ1v) is 8.39. The molecular formula is C12H14ClF3O3S. The van der Waals surface area contributed by atoms with Gasteiger partial charge in [-0.25, -0.2) is 8.42 Å². The highest BCUT2D eigenvalue weighted by molar-refractivity contribution is 8.13. The number of hydrogen-bond donors (Lipinski definition) is 0. The molecule has 0 saturated heterocycles. The van der Waals surface area contributed by atoms with Crippen LogP contribution in [-0.2, 0) is 15.2 Å². The van der Waals surface area contributed by atoms with Gasteiger partial charge in [-0.3, -0.25) is 0 Å². The molecule has 0 amide bonds. The zero-order valence-corrected chi connectivity index (χ0v) is 12.1. The molecule has 0 aliphatic heterocycles. The molecule has 0 aliphatic carbocycles. The van der Waals surface area contributed by atoms with Gasteiger partial charge in [0.15, 0.2) is 0 Å². The zero-order chi connectivity index (χ0) is 15.2. The van der Waals surface area contributed by atoms with Crippen molar-refractivity contribution >= 4 is 19.7 Å². The van der Waals surface area contributed by atoms with E-state index < -0.39 is 20.8 Å². The van der Waals surface area contributed by atoms with E-state index in [0.717, 1.165) is 6.07 Å². The molecule has 0 saturated carbocycles. The molecule has 3 nitrogen and oxygen atoms in total. The molecule has 0 radical (unpaired) electrons. The van der Waals surface area contributed by atoms with Gasteiger partial charge < -0.3 is 4.74 Å². The Morgan fingerprint density at radius 3 is 2.35 bits per heavy atom. The molecule has 8 heteroatoms. The SMILES string of the molecule is O=S(=O)(Cl)CCCCCOc1ccccc1C(F)(F)F. The van der Waals surface area contributed by atoms with E-state index in [1.165, 1.54) is 18.2 Å². The second kappa shape index (κ2) is 7.17. The van der Waals surface area contributed by atoms with Crippen molar-refractivity contribution in [2.45, 2.75) is 25.4 Å². The maximum absolute atomic E-state index is 12.6. The number of para-hydroxylation sites is 1. The van der Waals surface area contributed by atoms with Crippen LogP contribution >= 0.6 is 10.7 Å². The Hall–Kier alpha value is -0.950. The van der Waals surface area contributed by atoms with Crippen LogP contribution in [-0.4, -0.2) is 20.8 Å². The molecule has 0 spiro atoms. The predicted molar refractivity (Wildman–Crippen MR) is 70.4 cm³/mol. The topological polar surface area (TPSA) is 43.4 Å². The monoisotopic (exact) mass is 330 g/mol. The highest BCUT2D eigenvalue weighted by Gasteiger charge is 2.33. The average molecular weight is 331 g/mol. The van der Waals surface area contributed by atoms with Crippen LogP contribution in [0.25, 0.3) is 0 Å². The fourth-order valence-electron chi connectivity index (χ4n) is 1.56. The van der Waals surface area contributed by atoms with Crippen molar-refractivity contribution in [3.05, 3.63) is 29.8 Å². The smallest absolute Gasteiger partial charge is 0.419 e. The van der Waals surface area contributed by atoms with Gasteiger partial charge >= 0.3 is 6.18 Å². The van der Waals surface area contributed by atoms with Gasteiger partial charge in [0.25, 0.3) is 0 Å². The van der Waals surface area contributed by atoms with Crippen molar-refractivity contribution in [3.8, 4) is 5.75 Å². The minimum atomic E-state index is -4.46. The number of unbranched alkanes of at least 4 members (excludes halogenated alkanes) is 2. The molecule has 0 heterocycles. The summed E-state index contributed by atoms with van der Waals surface area (Å²) in [5.41, 5.74) is -0.816. The van der Waals surface area contributed by atoms with Crippen LogP contribution in [0.1, 0.15) is 24.8 Å². The summed E-state index contributed by atoms with van der Waals surface area (Å²) in [5.74, 6) is -0.363. The van der Waals surface area contributed by atoms with E-state index in [1.807, 2.05) is 0 Å². The van der Waals surface area contributed by atoms with Gasteiger partial charge in [0.1, 0.15) is 5.75 Å². The van der Waals surface area contributed by atoms with Gasteiger partial charge in [-0.15, -0.1) is 0 Å². The van der Waals surface area contributed by atoms with Gasteiger partial charge in [-0.1, -0.05) is 12.1 Å². The summed E-state index contributed by atoms with van der Waals surface area (Å²) >= 11 is 0. The molecule has 0 N–H and O–H groups in total. The Balaban J connectivity index is 2.40. The summed E-state index contributed by atoms with van der Waals surface area (Å²) in [5, 5.41) is 0. The predicted octanol–water partition coefficient (Wildman–Crippen LogP) is 3.82. The molecule has 0 bridgehead atoms. The third-order valence-corrected chi connectivity index (χ3v) is 3.72. The molecule has 1 aromatic carbocycles. The molecule has 0 aliphatic rings. The van der Waals surface area contributed by atoms with Crippen molar-refractivity contribution in [1.82, 2.24) is 0 Å². The fraction of sp³-hybridized carbons (Fsp3) is 0.500. The van der Waals surface area contributed by atoms with Crippen LogP contribution in [0, 0.1) is 0 Å². The minimum Gasteiger partial charge on any atom is -0.493 e. The number of halogens is 4. The van der Waals surface area contributed by atoms with E-state index >= 15 is 0 Å². The Labute approximate surface area is 120 Å². The van der Waals surface area contributed by atoms with Gasteiger partial charge in [0, 0.05) is 10.7 Å². The van der Waals surface area contributed by atoms with Gasteiger partial charge in [0.2, 0.25) is 9.05 Å². The Kier molecular flexibility index (Phi) is 6.13. The molecule has 1 aromatic rings. The third-order valence-electron chi connectivity index (χ3n) is 2.48. The summed E-state index contributed by atoms with van der Waals surface area (Å²) in [6.07, 6.45) is -3.13. The Morgan fingerprint density at radius 2 is 1.75 bits per heavy atom. The second-order valence-corrected chi connectivity index (χ2v) is 7.04. The van der Waals surface area contributed by atoms with Crippen molar-refractivity contribution in [2.75, 3.05) is 12.4 Å². The van der Waals surface area contributed by atoms with Crippen LogP contribution in [0.15, 0.2) is 24.3 Å². The summed E-state index contributed by atoms with van der Waals surface area (Å²) < 4.78 is 64.3. The molecule has 0 atom stereocenters. The molecule has 0 unspecified atom stereocenters. The maximum Gasteiger partial charge on any atom is 0.419 e. The van der Waals surface area contributed by atoms with Gasteiger partial charge in [-0.05, 0) is 31.4 Å². The van der Waals surface area contributed by atoms with Crippen molar-refractivity contribution < 1.29 is 26.3 Å². The Bertz CT molecular complexity index is 529. The van der Waals surface area contributed by atoms with Crippen LogP contribution in [0.2, 0.25) is 0 Å². The van der Waals surface area contributed by atoms with E-state index in [-0.39, 0.29) is 18.1 Å². The summed E-state index contributed by atoms with van der Waals surface area (Å²) in [7, 11) is 1.52. The molecule has 1 rings (SSSR count). The first-order valence-electron chi connectivity index (χ1n) is 5.91. The first-order chi connectivity index (χ1) is 9.20. The third kappa shape index (κ3) is 6.47. The van der Waals surface area contributed by atoms with Crippen LogP contribution < -0.4 is 4.74 Å². The molecule has 20 heavy (non-hydrogen) atoms. The normalized spacial score (nSPS) is 12.4. The van der Waals surface area contributed by atoms with E-state index in [2.05, 4.69) is 0 Å². The molecular weight excluding hydrogens is 317 g/mol. The molecule has 0 fully saturated rings. The van der Waals surface area contributed by atoms with Gasteiger partial charge in [-0.2, -0.15) is 13.2 Å². The number of hydrogen-bond acceptors (Lipinski definition) is 3. The maximum atomic E-state index is 12.6. The van der Waals surface area contributed by atoms with E-state index in [4.69, 9.17) is 15.4 Å². The van der Waals surface area contributed by atoms with E-state index in [0.29, 0.717) is 19.3 Å². The van der Waals surface area contributed by atoms with Gasteiger partial charge in [0.05, 0.1) is 17.9 Å². The van der Waals surface area contributed by atoms with E-state index in [9.17, 15) is 21.6 Å². The van der Waals surface area contributed by atoms with Crippen LogP contribution in [0.4, 0.5) is 13.2 Å². The molecule has 114 valence electrons. The minimum absolute atomic E-state index is 0.0927. The number of ether oxygens (including phenoxy) is 1. The lowest BCUT2D eigenvalue weighted by Gasteiger charge is -2.13. The number of rotatable bonds is 7. The highest BCUT2D eigenvalue weighted by Crippen LogP contribution is 2.35. The lowest BCUT2D eigenvalue weighted by Crippen LogP contribution is -2.09. The fourth-order valence-corrected chi connectivity index (χ4v) is 2.44. The average Bonchev–Trinajstić information content (AvgIpc) is 2.31. The van der Waals surface area contributed by atoms with Crippen LogP contribution in [0.5, 0.6) is 5.75 Å². The zero-order valence-electron chi connectivity index (χ0n) is 10.5. The van der Waals surface area contributed by atoms with Crippen LogP contribution in [0.3, 0.4) is 0 Å². The molecule has 0 aromatic heterocycles. The summed E-state index contributed by atoms with van der Waals surface area (Å²) in [6, 6.07) is 4.97. The number of benzene rings is 1. The van der Waals surface area contributed by atoms with Crippen molar-refractivity contribution in [1.29, 1.82) is 0 Å². The Morgan fingerprint density at radius 1 is 1.10 bits per heavy atom.